The fraction of sp³-hybridized carbons (Fsp3) is 0.0769. The van der Waals surface area contributed by atoms with Crippen LogP contribution in [-0.2, 0) is 0 Å². The van der Waals surface area contributed by atoms with E-state index in [2.05, 4.69) is 20.3 Å². The number of nitrogens with one attached hydrogen (secondary N) is 1. The van der Waals surface area contributed by atoms with Gasteiger partial charge in [-0.05, 0) is 18.2 Å². The molecule has 0 atom stereocenters. The van der Waals surface area contributed by atoms with Gasteiger partial charge in [-0.1, -0.05) is 0 Å². The number of carbonyl (C=O) groups is 1. The Bertz CT molecular complexity index is 754. The molecule has 3 aromatic rings. The Balaban J connectivity index is 1.80. The number of hydrogen-bond donors (Lipinski definition) is 1. The third-order valence-electron chi connectivity index (χ3n) is 2.66. The molecule has 0 fully saturated rings. The lowest BCUT2D eigenvalue weighted by Crippen LogP contribution is -2.12. The van der Waals surface area contributed by atoms with E-state index < -0.39 is 0 Å². The van der Waals surface area contributed by atoms with Gasteiger partial charge in [-0.15, -0.1) is 11.3 Å². The predicted molar refractivity (Wildman–Crippen MR) is 76.2 cm³/mol. The second kappa shape index (κ2) is 5.22. The molecule has 1 aromatic carbocycles. The molecule has 0 aliphatic heterocycles. The summed E-state index contributed by atoms with van der Waals surface area (Å²) in [6.07, 6.45) is 2.99. The number of carbonyl (C=O) groups excluding carboxylic acids is 1. The number of anilines is 1. The van der Waals surface area contributed by atoms with Gasteiger partial charge in [-0.25, -0.2) is 15.0 Å². The number of benzene rings is 1. The first-order chi connectivity index (χ1) is 9.76. The van der Waals surface area contributed by atoms with Crippen LogP contribution in [0.25, 0.3) is 10.2 Å². The van der Waals surface area contributed by atoms with E-state index in [0.29, 0.717) is 11.3 Å². The largest absolute Gasteiger partial charge is 0.467 e. The molecule has 0 bridgehead atoms. The number of fused-ring (bicyclic) bond motifs is 1. The van der Waals surface area contributed by atoms with Gasteiger partial charge in [-0.3, -0.25) is 4.79 Å². The Kier molecular flexibility index (Phi) is 3.26. The van der Waals surface area contributed by atoms with E-state index in [1.165, 1.54) is 30.8 Å². The minimum Gasteiger partial charge on any atom is -0.467 e. The summed E-state index contributed by atoms with van der Waals surface area (Å²) in [5.74, 6) is -0.214. The number of nitrogens with zero attached hydrogens (tertiary/aromatic N) is 3. The van der Waals surface area contributed by atoms with Crippen molar-refractivity contribution in [3.05, 3.63) is 41.7 Å². The van der Waals surface area contributed by atoms with Crippen LogP contribution in [0.5, 0.6) is 6.01 Å². The van der Waals surface area contributed by atoms with Crippen LogP contribution in [0.3, 0.4) is 0 Å². The highest BCUT2D eigenvalue weighted by Crippen LogP contribution is 2.19. The Morgan fingerprint density at radius 1 is 1.25 bits per heavy atom. The monoisotopic (exact) mass is 286 g/mol. The van der Waals surface area contributed by atoms with Crippen molar-refractivity contribution in [2.45, 2.75) is 0 Å². The molecule has 7 heteroatoms. The fourth-order valence-electron chi connectivity index (χ4n) is 1.69. The fourth-order valence-corrected chi connectivity index (χ4v) is 2.40. The predicted octanol–water partition coefficient (Wildman–Crippen LogP) is 2.35. The van der Waals surface area contributed by atoms with E-state index in [1.54, 1.807) is 11.6 Å². The summed E-state index contributed by atoms with van der Waals surface area (Å²) in [4.78, 5) is 24.2. The topological polar surface area (TPSA) is 77.0 Å². The zero-order valence-electron chi connectivity index (χ0n) is 10.5. The van der Waals surface area contributed by atoms with Crippen molar-refractivity contribution < 1.29 is 9.53 Å². The molecular formula is C13H10N4O2S. The maximum absolute atomic E-state index is 12.1. The summed E-state index contributed by atoms with van der Waals surface area (Å²) in [6.45, 7) is 0. The Labute approximate surface area is 118 Å². The first kappa shape index (κ1) is 12.5. The average molecular weight is 286 g/mol. The van der Waals surface area contributed by atoms with E-state index in [1.807, 2.05) is 12.1 Å². The summed E-state index contributed by atoms with van der Waals surface area (Å²) in [6, 6.07) is 5.63. The van der Waals surface area contributed by atoms with Crippen LogP contribution in [0.4, 0.5) is 5.69 Å². The Morgan fingerprint density at radius 3 is 2.80 bits per heavy atom. The van der Waals surface area contributed by atoms with Gasteiger partial charge in [0.1, 0.15) is 0 Å². The second-order valence-electron chi connectivity index (χ2n) is 3.95. The molecule has 0 unspecified atom stereocenters. The van der Waals surface area contributed by atoms with Crippen LogP contribution in [0.1, 0.15) is 10.4 Å². The van der Waals surface area contributed by atoms with Crippen LogP contribution < -0.4 is 10.1 Å². The SMILES string of the molecule is COc1ncc(NC(=O)c2ccc3ncsc3c2)cn1. The lowest BCUT2D eigenvalue weighted by atomic mass is 10.2. The van der Waals surface area contributed by atoms with Gasteiger partial charge in [0.05, 0.1) is 40.9 Å². The highest BCUT2D eigenvalue weighted by atomic mass is 32.1. The van der Waals surface area contributed by atoms with E-state index in [4.69, 9.17) is 4.74 Å². The normalized spacial score (nSPS) is 10.4. The lowest BCUT2D eigenvalue weighted by molar-refractivity contribution is 0.102. The molecule has 0 saturated heterocycles. The minimum atomic E-state index is -0.214. The standard InChI is InChI=1S/C13H10N4O2S/c1-19-13-14-5-9(6-15-13)17-12(18)8-2-3-10-11(4-8)20-7-16-10/h2-7H,1H3,(H,17,18). The summed E-state index contributed by atoms with van der Waals surface area (Å²) < 4.78 is 5.83. The smallest absolute Gasteiger partial charge is 0.316 e. The number of thiazole rings is 1. The van der Waals surface area contributed by atoms with E-state index in [9.17, 15) is 4.79 Å². The summed E-state index contributed by atoms with van der Waals surface area (Å²) in [5.41, 5.74) is 3.72. The average Bonchev–Trinajstić information content (AvgIpc) is 2.95. The lowest BCUT2D eigenvalue weighted by Gasteiger charge is -2.05. The van der Waals surface area contributed by atoms with Crippen molar-refractivity contribution in [1.82, 2.24) is 15.0 Å². The first-order valence-corrected chi connectivity index (χ1v) is 6.65. The van der Waals surface area contributed by atoms with Crippen molar-refractivity contribution in [2.24, 2.45) is 0 Å². The number of aromatic nitrogens is 3. The van der Waals surface area contributed by atoms with E-state index in [0.717, 1.165) is 10.2 Å². The summed E-state index contributed by atoms with van der Waals surface area (Å²) >= 11 is 1.50. The molecule has 2 heterocycles. The van der Waals surface area contributed by atoms with Crippen LogP contribution in [0.15, 0.2) is 36.1 Å². The van der Waals surface area contributed by atoms with Crippen LogP contribution in [0.2, 0.25) is 0 Å². The number of ether oxygens (including phenoxy) is 1. The van der Waals surface area contributed by atoms with Gasteiger partial charge in [0, 0.05) is 5.56 Å². The maximum Gasteiger partial charge on any atom is 0.316 e. The molecule has 1 amide bonds. The van der Waals surface area contributed by atoms with Crippen molar-refractivity contribution in [3.63, 3.8) is 0 Å². The molecule has 20 heavy (non-hydrogen) atoms. The van der Waals surface area contributed by atoms with Gasteiger partial charge in [0.25, 0.3) is 5.91 Å². The molecule has 2 aromatic heterocycles. The molecular weight excluding hydrogens is 276 g/mol. The number of amides is 1. The van der Waals surface area contributed by atoms with Crippen molar-refractivity contribution in [3.8, 4) is 6.01 Å². The Hall–Kier alpha value is -2.54. The van der Waals surface area contributed by atoms with Crippen molar-refractivity contribution >= 4 is 33.1 Å². The van der Waals surface area contributed by atoms with Crippen molar-refractivity contribution in [2.75, 3.05) is 12.4 Å². The highest BCUT2D eigenvalue weighted by Gasteiger charge is 2.08. The number of hydrogen-bond acceptors (Lipinski definition) is 6. The van der Waals surface area contributed by atoms with Gasteiger partial charge in [-0.2, -0.15) is 0 Å². The molecule has 3 rings (SSSR count). The van der Waals surface area contributed by atoms with Crippen LogP contribution >= 0.6 is 11.3 Å². The molecule has 6 nitrogen and oxygen atoms in total. The van der Waals surface area contributed by atoms with Crippen LogP contribution in [-0.4, -0.2) is 28.0 Å². The van der Waals surface area contributed by atoms with Gasteiger partial charge in [0.2, 0.25) is 0 Å². The molecule has 1 N–H and O–H groups in total. The summed E-state index contributed by atoms with van der Waals surface area (Å²) in [5, 5.41) is 2.73. The van der Waals surface area contributed by atoms with Crippen molar-refractivity contribution in [1.29, 1.82) is 0 Å². The van der Waals surface area contributed by atoms with Gasteiger partial charge in [0.15, 0.2) is 0 Å². The maximum atomic E-state index is 12.1. The van der Waals surface area contributed by atoms with E-state index in [-0.39, 0.29) is 11.9 Å². The van der Waals surface area contributed by atoms with Crippen LogP contribution in [0, 0.1) is 0 Å². The van der Waals surface area contributed by atoms with E-state index >= 15 is 0 Å². The molecule has 0 saturated carbocycles. The second-order valence-corrected chi connectivity index (χ2v) is 4.83. The highest BCUT2D eigenvalue weighted by molar-refractivity contribution is 7.16. The Morgan fingerprint density at radius 2 is 2.05 bits per heavy atom. The zero-order valence-corrected chi connectivity index (χ0v) is 11.3. The van der Waals surface area contributed by atoms with Gasteiger partial charge >= 0.3 is 6.01 Å². The third-order valence-corrected chi connectivity index (χ3v) is 3.45. The minimum absolute atomic E-state index is 0.214. The number of methoxy groups -OCH3 is 1. The molecule has 100 valence electrons. The molecule has 0 aliphatic carbocycles. The molecule has 0 aliphatic rings. The van der Waals surface area contributed by atoms with Gasteiger partial charge < -0.3 is 10.1 Å². The number of rotatable bonds is 3. The quantitative estimate of drug-likeness (QED) is 0.799. The summed E-state index contributed by atoms with van der Waals surface area (Å²) in [7, 11) is 1.48. The first-order valence-electron chi connectivity index (χ1n) is 5.77. The third kappa shape index (κ3) is 2.43. The zero-order chi connectivity index (χ0) is 13.9. The molecule has 0 spiro atoms. The molecule has 0 radical (unpaired) electrons.